The zero-order valence-corrected chi connectivity index (χ0v) is 31.5. The lowest BCUT2D eigenvalue weighted by Gasteiger charge is -2.32. The standard InChI is InChI=1S/C37H51N5O5.2ClH/c1-37(2)19-18-31(33(26-37)47-24-12-8-9-15-34(43)42-22-20-40(5)21-23-42)41(6)36(45)27-16-17-29(32(25-27)46-7)38-35(44)28-13-10-11-14-30(28)39(3)4;;/h10-11,13-14,16-19,25H,8-9,12,15,20-24,26H2,1-7H3,(H,38,44);2*1H. The Morgan fingerprint density at radius 3 is 2.31 bits per heavy atom. The van der Waals surface area contributed by atoms with E-state index >= 15 is 0 Å². The van der Waals surface area contributed by atoms with Crippen molar-refractivity contribution in [1.29, 1.82) is 0 Å². The molecule has 0 saturated carbocycles. The lowest BCUT2D eigenvalue weighted by Crippen LogP contribution is -2.47. The van der Waals surface area contributed by atoms with Gasteiger partial charge in [-0.1, -0.05) is 32.1 Å². The molecule has 0 aromatic heterocycles. The fraction of sp³-hybridized carbons (Fsp3) is 0.486. The number of unbranched alkanes of at least 4 members (excludes halogenated alkanes) is 2. The fourth-order valence-electron chi connectivity index (χ4n) is 5.82. The van der Waals surface area contributed by atoms with Gasteiger partial charge in [0.15, 0.2) is 0 Å². The van der Waals surface area contributed by atoms with Crippen LogP contribution in [-0.2, 0) is 9.53 Å². The summed E-state index contributed by atoms with van der Waals surface area (Å²) in [6, 6.07) is 12.4. The second-order valence-corrected chi connectivity index (χ2v) is 13.3. The van der Waals surface area contributed by atoms with Crippen LogP contribution in [0.15, 0.2) is 66.1 Å². The molecule has 1 fully saturated rings. The molecule has 2 aliphatic rings. The Labute approximate surface area is 304 Å². The number of carbonyl (C=O) groups is 3. The minimum absolute atomic E-state index is 0. The summed E-state index contributed by atoms with van der Waals surface area (Å²) in [7, 11) is 9.12. The number of carbonyl (C=O) groups excluding carboxylic acids is 3. The van der Waals surface area contributed by atoms with Gasteiger partial charge in [0.1, 0.15) is 11.5 Å². The molecule has 1 heterocycles. The molecule has 2 aromatic rings. The van der Waals surface area contributed by atoms with E-state index in [2.05, 4.69) is 37.2 Å². The number of nitrogens with zero attached hydrogens (tertiary/aromatic N) is 4. The van der Waals surface area contributed by atoms with Crippen molar-refractivity contribution in [3.8, 4) is 5.75 Å². The number of benzene rings is 2. The van der Waals surface area contributed by atoms with Crippen LogP contribution in [0.25, 0.3) is 0 Å². The van der Waals surface area contributed by atoms with Crippen molar-refractivity contribution in [3.05, 3.63) is 77.2 Å². The topological polar surface area (TPSA) is 94.7 Å². The van der Waals surface area contributed by atoms with Crippen LogP contribution < -0.4 is 15.0 Å². The van der Waals surface area contributed by atoms with Gasteiger partial charge in [0.25, 0.3) is 11.8 Å². The van der Waals surface area contributed by atoms with E-state index in [9.17, 15) is 14.4 Å². The van der Waals surface area contributed by atoms with Crippen molar-refractivity contribution in [2.45, 2.75) is 46.0 Å². The summed E-state index contributed by atoms with van der Waals surface area (Å²) in [6.07, 6.45) is 7.87. The average Bonchev–Trinajstić information content (AvgIpc) is 3.05. The van der Waals surface area contributed by atoms with Crippen molar-refractivity contribution in [1.82, 2.24) is 14.7 Å². The molecule has 1 aliphatic carbocycles. The maximum atomic E-state index is 13.7. The van der Waals surface area contributed by atoms with Crippen LogP contribution in [0, 0.1) is 5.41 Å². The number of hydrogen-bond donors (Lipinski definition) is 1. The fourth-order valence-corrected chi connectivity index (χ4v) is 5.82. The maximum Gasteiger partial charge on any atom is 0.258 e. The van der Waals surface area contributed by atoms with Gasteiger partial charge in [0.05, 0.1) is 30.7 Å². The van der Waals surface area contributed by atoms with Crippen LogP contribution in [0.2, 0.25) is 0 Å². The number of methoxy groups -OCH3 is 1. The molecular formula is C37H53Cl2N5O5. The SMILES string of the molecule is COc1cc(C(=O)N(C)C2=C(OCCCCCC(=O)N3CCN(C)CC3)CC(C)(C)C=C2)ccc1NC(=O)c1ccccc1N(C)C.Cl.Cl. The third-order valence-corrected chi connectivity index (χ3v) is 8.75. The van der Waals surface area contributed by atoms with Crippen LogP contribution in [0.5, 0.6) is 5.75 Å². The molecule has 12 heteroatoms. The number of rotatable bonds is 13. The van der Waals surface area contributed by atoms with Crippen LogP contribution in [0.3, 0.4) is 0 Å². The number of allylic oxidation sites excluding steroid dienone is 3. The quantitative estimate of drug-likeness (QED) is 0.237. The van der Waals surface area contributed by atoms with Gasteiger partial charge in [-0.3, -0.25) is 14.4 Å². The highest BCUT2D eigenvalue weighted by Crippen LogP contribution is 2.36. The first-order chi connectivity index (χ1) is 22.4. The zero-order chi connectivity index (χ0) is 34.1. The van der Waals surface area contributed by atoms with Crippen molar-refractivity contribution in [3.63, 3.8) is 0 Å². The lowest BCUT2D eigenvalue weighted by atomic mass is 9.84. The van der Waals surface area contributed by atoms with Gasteiger partial charge in [0.2, 0.25) is 5.91 Å². The van der Waals surface area contributed by atoms with E-state index in [1.165, 1.54) is 7.11 Å². The molecule has 4 rings (SSSR count). The lowest BCUT2D eigenvalue weighted by molar-refractivity contribution is -0.132. The Balaban J connectivity index is 0.00000417. The predicted molar refractivity (Wildman–Crippen MR) is 201 cm³/mol. The second kappa shape index (κ2) is 18.9. The van der Waals surface area contributed by atoms with E-state index in [4.69, 9.17) is 9.47 Å². The molecule has 0 radical (unpaired) electrons. The summed E-state index contributed by atoms with van der Waals surface area (Å²) in [4.78, 5) is 47.2. The van der Waals surface area contributed by atoms with E-state index in [1.54, 1.807) is 36.2 Å². The highest BCUT2D eigenvalue weighted by molar-refractivity contribution is 6.09. The van der Waals surface area contributed by atoms with Crippen molar-refractivity contribution >= 4 is 53.9 Å². The number of hydrogen-bond acceptors (Lipinski definition) is 7. The van der Waals surface area contributed by atoms with Crippen LogP contribution >= 0.6 is 24.8 Å². The van der Waals surface area contributed by atoms with Crippen molar-refractivity contribution in [2.75, 3.05) is 78.3 Å². The van der Waals surface area contributed by atoms with Crippen molar-refractivity contribution < 1.29 is 23.9 Å². The number of anilines is 2. The number of nitrogens with one attached hydrogen (secondary N) is 1. The molecule has 49 heavy (non-hydrogen) atoms. The number of amides is 3. The second-order valence-electron chi connectivity index (χ2n) is 13.3. The van der Waals surface area contributed by atoms with Crippen molar-refractivity contribution in [2.24, 2.45) is 5.41 Å². The van der Waals surface area contributed by atoms with Crippen LogP contribution in [-0.4, -0.2) is 101 Å². The maximum absolute atomic E-state index is 13.7. The summed E-state index contributed by atoms with van der Waals surface area (Å²) >= 11 is 0. The highest BCUT2D eigenvalue weighted by Gasteiger charge is 2.28. The van der Waals surface area contributed by atoms with E-state index in [0.29, 0.717) is 42.0 Å². The minimum Gasteiger partial charge on any atom is -0.496 e. The van der Waals surface area contributed by atoms with E-state index in [0.717, 1.165) is 62.6 Å². The summed E-state index contributed by atoms with van der Waals surface area (Å²) in [5, 5.41) is 2.93. The molecule has 1 saturated heterocycles. The molecule has 0 atom stereocenters. The molecule has 1 aliphatic heterocycles. The first-order valence-corrected chi connectivity index (χ1v) is 16.5. The monoisotopic (exact) mass is 717 g/mol. The smallest absolute Gasteiger partial charge is 0.258 e. The molecule has 270 valence electrons. The number of para-hydroxylation sites is 1. The largest absolute Gasteiger partial charge is 0.496 e. The Bertz CT molecular complexity index is 1500. The molecule has 3 amide bonds. The van der Waals surface area contributed by atoms with Crippen LogP contribution in [0.1, 0.15) is 66.7 Å². The molecule has 2 aromatic carbocycles. The number of piperazine rings is 1. The summed E-state index contributed by atoms with van der Waals surface area (Å²) in [5.74, 6) is 0.911. The molecule has 10 nitrogen and oxygen atoms in total. The van der Waals surface area contributed by atoms with Gasteiger partial charge in [-0.2, -0.15) is 0 Å². The first kappa shape index (κ1) is 41.4. The Kier molecular flexibility index (Phi) is 16.0. The van der Waals surface area contributed by atoms with Gasteiger partial charge in [-0.15, -0.1) is 24.8 Å². The summed E-state index contributed by atoms with van der Waals surface area (Å²) in [5.41, 5.74) is 2.83. The van der Waals surface area contributed by atoms with Gasteiger partial charge in [0, 0.05) is 71.4 Å². The Morgan fingerprint density at radius 1 is 0.939 bits per heavy atom. The zero-order valence-electron chi connectivity index (χ0n) is 29.9. The van der Waals surface area contributed by atoms with E-state index in [-0.39, 0.29) is 48.0 Å². The van der Waals surface area contributed by atoms with Gasteiger partial charge in [-0.25, -0.2) is 0 Å². The van der Waals surface area contributed by atoms with Gasteiger partial charge in [-0.05, 0) is 68.1 Å². The molecule has 1 N–H and O–H groups in total. The van der Waals surface area contributed by atoms with Gasteiger partial charge < -0.3 is 34.4 Å². The van der Waals surface area contributed by atoms with E-state index in [1.807, 2.05) is 48.2 Å². The Hall–Kier alpha value is -3.73. The normalized spacial score (nSPS) is 15.4. The number of halogens is 2. The molecule has 0 unspecified atom stereocenters. The first-order valence-electron chi connectivity index (χ1n) is 16.5. The highest BCUT2D eigenvalue weighted by atomic mass is 35.5. The molecule has 0 bridgehead atoms. The third kappa shape index (κ3) is 11.1. The van der Waals surface area contributed by atoms with E-state index < -0.39 is 0 Å². The third-order valence-electron chi connectivity index (χ3n) is 8.75. The summed E-state index contributed by atoms with van der Waals surface area (Å²) in [6.45, 7) is 8.29. The minimum atomic E-state index is -0.271. The summed E-state index contributed by atoms with van der Waals surface area (Å²) < 4.78 is 11.9. The number of ether oxygens (including phenoxy) is 2. The average molecular weight is 719 g/mol. The number of likely N-dealkylation sites (N-methyl/N-ethyl adjacent to an activating group) is 2. The van der Waals surface area contributed by atoms with Gasteiger partial charge >= 0.3 is 0 Å². The predicted octanol–water partition coefficient (Wildman–Crippen LogP) is 6.48. The van der Waals surface area contributed by atoms with Crippen LogP contribution in [0.4, 0.5) is 11.4 Å². The Morgan fingerprint density at radius 2 is 1.63 bits per heavy atom. The molecular weight excluding hydrogens is 665 g/mol. The molecule has 0 spiro atoms.